The van der Waals surface area contributed by atoms with Crippen LogP contribution in [0.5, 0.6) is 0 Å². The molecular formula is C17H20FNO. The summed E-state index contributed by atoms with van der Waals surface area (Å²) in [7, 11) is 1.93. The van der Waals surface area contributed by atoms with E-state index in [0.29, 0.717) is 11.1 Å². The molecule has 1 atom stereocenters. The number of aryl methyl sites for hydroxylation is 2. The molecule has 0 aliphatic heterocycles. The highest BCUT2D eigenvalue weighted by Gasteiger charge is 2.16. The van der Waals surface area contributed by atoms with Gasteiger partial charge in [0.1, 0.15) is 5.82 Å². The van der Waals surface area contributed by atoms with Gasteiger partial charge < -0.3 is 10.0 Å². The fraction of sp³-hybridized carbons (Fsp3) is 0.294. The second-order valence-electron chi connectivity index (χ2n) is 5.18. The van der Waals surface area contributed by atoms with E-state index in [0.717, 1.165) is 16.9 Å². The standard InChI is InChI=1S/C17H20FNO/c1-11-7-5-6-8-16(11)19(4)17-9-12(2)15(18)10-14(17)13(3)20/h5-10,13,20H,1-4H3/t13-/m0/s1. The molecule has 0 saturated heterocycles. The van der Waals surface area contributed by atoms with Crippen molar-refractivity contribution in [3.63, 3.8) is 0 Å². The molecule has 0 saturated carbocycles. The molecular weight excluding hydrogens is 253 g/mol. The second-order valence-corrected chi connectivity index (χ2v) is 5.18. The molecule has 0 unspecified atom stereocenters. The number of benzene rings is 2. The minimum Gasteiger partial charge on any atom is -0.389 e. The number of aliphatic hydroxyl groups is 1. The zero-order valence-electron chi connectivity index (χ0n) is 12.3. The maximum absolute atomic E-state index is 13.7. The van der Waals surface area contributed by atoms with E-state index in [4.69, 9.17) is 0 Å². The highest BCUT2D eigenvalue weighted by Crippen LogP contribution is 2.34. The first-order chi connectivity index (χ1) is 9.41. The Hall–Kier alpha value is -1.87. The Balaban J connectivity index is 2.57. The Morgan fingerprint density at radius 3 is 2.30 bits per heavy atom. The first kappa shape index (κ1) is 14.5. The fourth-order valence-corrected chi connectivity index (χ4v) is 2.38. The second kappa shape index (κ2) is 5.63. The SMILES string of the molecule is Cc1cc(N(C)c2ccccc2C)c([C@H](C)O)cc1F. The Kier molecular flexibility index (Phi) is 4.09. The molecule has 106 valence electrons. The van der Waals surface area contributed by atoms with Crippen LogP contribution in [0.2, 0.25) is 0 Å². The molecule has 0 aromatic heterocycles. The summed E-state index contributed by atoms with van der Waals surface area (Å²) in [6, 6.07) is 11.2. The van der Waals surface area contributed by atoms with Crippen LogP contribution in [-0.4, -0.2) is 12.2 Å². The summed E-state index contributed by atoms with van der Waals surface area (Å²) in [5, 5.41) is 9.89. The molecule has 20 heavy (non-hydrogen) atoms. The van der Waals surface area contributed by atoms with Gasteiger partial charge >= 0.3 is 0 Å². The van der Waals surface area contributed by atoms with Crippen molar-refractivity contribution < 1.29 is 9.50 Å². The molecule has 3 heteroatoms. The van der Waals surface area contributed by atoms with Gasteiger partial charge in [-0.25, -0.2) is 4.39 Å². The molecule has 0 spiro atoms. The summed E-state index contributed by atoms with van der Waals surface area (Å²) in [5.41, 5.74) is 4.17. The number of anilines is 2. The molecule has 0 heterocycles. The first-order valence-corrected chi connectivity index (χ1v) is 6.69. The van der Waals surface area contributed by atoms with Gasteiger partial charge in [-0.2, -0.15) is 0 Å². The van der Waals surface area contributed by atoms with Gasteiger partial charge in [-0.3, -0.25) is 0 Å². The summed E-state index contributed by atoms with van der Waals surface area (Å²) in [6.07, 6.45) is -0.716. The number of rotatable bonds is 3. The third-order valence-electron chi connectivity index (χ3n) is 3.60. The van der Waals surface area contributed by atoms with Gasteiger partial charge in [0.25, 0.3) is 0 Å². The fourth-order valence-electron chi connectivity index (χ4n) is 2.38. The average Bonchev–Trinajstić information content (AvgIpc) is 2.41. The van der Waals surface area contributed by atoms with Gasteiger partial charge in [-0.15, -0.1) is 0 Å². The van der Waals surface area contributed by atoms with Crippen LogP contribution in [0.15, 0.2) is 36.4 Å². The highest BCUT2D eigenvalue weighted by atomic mass is 19.1. The quantitative estimate of drug-likeness (QED) is 0.903. The Morgan fingerprint density at radius 2 is 1.70 bits per heavy atom. The van der Waals surface area contributed by atoms with Crippen molar-refractivity contribution in [2.24, 2.45) is 0 Å². The summed E-state index contributed by atoms with van der Waals surface area (Å²) >= 11 is 0. The predicted molar refractivity (Wildman–Crippen MR) is 81.0 cm³/mol. The van der Waals surface area contributed by atoms with Crippen molar-refractivity contribution in [2.75, 3.05) is 11.9 Å². The van der Waals surface area contributed by atoms with E-state index in [-0.39, 0.29) is 5.82 Å². The van der Waals surface area contributed by atoms with Crippen molar-refractivity contribution in [1.29, 1.82) is 0 Å². The lowest BCUT2D eigenvalue weighted by Gasteiger charge is -2.26. The minimum absolute atomic E-state index is 0.289. The van der Waals surface area contributed by atoms with E-state index < -0.39 is 6.10 Å². The van der Waals surface area contributed by atoms with Gasteiger partial charge in [-0.1, -0.05) is 18.2 Å². The zero-order valence-corrected chi connectivity index (χ0v) is 12.3. The van der Waals surface area contributed by atoms with E-state index in [9.17, 15) is 9.50 Å². The van der Waals surface area contributed by atoms with E-state index in [1.54, 1.807) is 19.9 Å². The number of aliphatic hydroxyl groups excluding tert-OH is 1. The zero-order chi connectivity index (χ0) is 14.9. The van der Waals surface area contributed by atoms with Crippen LogP contribution in [0.4, 0.5) is 15.8 Å². The van der Waals surface area contributed by atoms with Crippen LogP contribution in [0, 0.1) is 19.7 Å². The topological polar surface area (TPSA) is 23.5 Å². The lowest BCUT2D eigenvalue weighted by Crippen LogP contribution is -2.14. The van der Waals surface area contributed by atoms with Crippen molar-refractivity contribution in [2.45, 2.75) is 26.9 Å². The van der Waals surface area contributed by atoms with Crippen LogP contribution >= 0.6 is 0 Å². The lowest BCUT2D eigenvalue weighted by molar-refractivity contribution is 0.199. The molecule has 0 aliphatic rings. The van der Waals surface area contributed by atoms with E-state index in [1.165, 1.54) is 6.07 Å². The van der Waals surface area contributed by atoms with Gasteiger partial charge in [0.2, 0.25) is 0 Å². The normalized spacial score (nSPS) is 12.3. The molecule has 2 nitrogen and oxygen atoms in total. The van der Waals surface area contributed by atoms with Crippen molar-refractivity contribution in [1.82, 2.24) is 0 Å². The molecule has 1 N–H and O–H groups in total. The van der Waals surface area contributed by atoms with Crippen molar-refractivity contribution in [3.8, 4) is 0 Å². The molecule has 0 fully saturated rings. The predicted octanol–water partition coefficient (Wildman–Crippen LogP) is 4.26. The molecule has 0 aliphatic carbocycles. The molecule has 0 amide bonds. The van der Waals surface area contributed by atoms with Crippen LogP contribution < -0.4 is 4.90 Å². The monoisotopic (exact) mass is 273 g/mol. The number of hydrogen-bond acceptors (Lipinski definition) is 2. The maximum atomic E-state index is 13.7. The Morgan fingerprint density at radius 1 is 1.05 bits per heavy atom. The molecule has 0 bridgehead atoms. The van der Waals surface area contributed by atoms with Crippen LogP contribution in [0.1, 0.15) is 29.7 Å². The van der Waals surface area contributed by atoms with Crippen molar-refractivity contribution >= 4 is 11.4 Å². The molecule has 2 aromatic carbocycles. The third-order valence-corrected chi connectivity index (χ3v) is 3.60. The Bertz CT molecular complexity index is 622. The smallest absolute Gasteiger partial charge is 0.126 e. The summed E-state index contributed by atoms with van der Waals surface area (Å²) in [6.45, 7) is 5.42. The highest BCUT2D eigenvalue weighted by molar-refractivity contribution is 5.69. The van der Waals surface area contributed by atoms with Crippen molar-refractivity contribution in [3.05, 3.63) is 58.9 Å². The molecule has 2 rings (SSSR count). The van der Waals surface area contributed by atoms with E-state index in [2.05, 4.69) is 0 Å². The van der Waals surface area contributed by atoms with Crippen LogP contribution in [0.3, 0.4) is 0 Å². The Labute approximate surface area is 119 Å². The van der Waals surface area contributed by atoms with Gasteiger partial charge in [0.15, 0.2) is 0 Å². The largest absolute Gasteiger partial charge is 0.389 e. The summed E-state index contributed by atoms with van der Waals surface area (Å²) in [4.78, 5) is 1.99. The van der Waals surface area contributed by atoms with E-state index >= 15 is 0 Å². The van der Waals surface area contributed by atoms with E-state index in [1.807, 2.05) is 43.1 Å². The summed E-state index contributed by atoms with van der Waals surface area (Å²) in [5.74, 6) is -0.289. The molecule has 2 aromatic rings. The third kappa shape index (κ3) is 2.68. The number of nitrogens with zero attached hydrogens (tertiary/aromatic N) is 1. The molecule has 0 radical (unpaired) electrons. The van der Waals surface area contributed by atoms with Crippen LogP contribution in [0.25, 0.3) is 0 Å². The van der Waals surface area contributed by atoms with Crippen LogP contribution in [-0.2, 0) is 0 Å². The number of halogens is 1. The minimum atomic E-state index is -0.716. The van der Waals surface area contributed by atoms with Gasteiger partial charge in [0, 0.05) is 24.0 Å². The lowest BCUT2D eigenvalue weighted by atomic mass is 10.0. The summed E-state index contributed by atoms with van der Waals surface area (Å²) < 4.78 is 13.7. The maximum Gasteiger partial charge on any atom is 0.126 e. The number of hydrogen-bond donors (Lipinski definition) is 1. The van der Waals surface area contributed by atoms with Gasteiger partial charge in [0.05, 0.1) is 6.10 Å². The van der Waals surface area contributed by atoms with Gasteiger partial charge in [-0.05, 0) is 50.1 Å². The number of para-hydroxylation sites is 1. The first-order valence-electron chi connectivity index (χ1n) is 6.69. The average molecular weight is 273 g/mol.